The van der Waals surface area contributed by atoms with Crippen molar-refractivity contribution in [3.8, 4) is 5.75 Å². The first kappa shape index (κ1) is 16.3. The molecule has 0 aliphatic rings. The molecule has 0 aliphatic carbocycles. The van der Waals surface area contributed by atoms with Crippen molar-refractivity contribution in [3.63, 3.8) is 0 Å². The molecule has 24 heavy (non-hydrogen) atoms. The molecule has 0 saturated heterocycles. The normalized spacial score (nSPS) is 12.1. The van der Waals surface area contributed by atoms with Crippen LogP contribution in [0.4, 0.5) is 0 Å². The number of hydrogen-bond donors (Lipinski definition) is 1. The average molecular weight is 322 g/mol. The van der Waals surface area contributed by atoms with Crippen molar-refractivity contribution >= 4 is 0 Å². The van der Waals surface area contributed by atoms with Gasteiger partial charge >= 0.3 is 0 Å². The molecule has 3 rings (SSSR count). The molecule has 124 valence electrons. The lowest BCUT2D eigenvalue weighted by Crippen LogP contribution is -2.14. The molecule has 4 heteroatoms. The topological polar surface area (TPSA) is 47.3 Å². The molecule has 0 fully saturated rings. The van der Waals surface area contributed by atoms with E-state index in [1.54, 1.807) is 6.20 Å². The summed E-state index contributed by atoms with van der Waals surface area (Å²) in [5.74, 6) is 1.53. The van der Waals surface area contributed by atoms with Gasteiger partial charge in [0.1, 0.15) is 24.3 Å². The van der Waals surface area contributed by atoms with Crippen LogP contribution < -0.4 is 4.74 Å². The van der Waals surface area contributed by atoms with E-state index in [1.165, 1.54) is 5.56 Å². The Balaban J connectivity index is 1.67. The molecular weight excluding hydrogens is 300 g/mol. The maximum absolute atomic E-state index is 10.5. The van der Waals surface area contributed by atoms with Crippen LogP contribution in [0.25, 0.3) is 0 Å². The minimum atomic E-state index is -0.734. The number of aryl methyl sites for hydroxylation is 2. The van der Waals surface area contributed by atoms with Gasteiger partial charge in [-0.05, 0) is 36.6 Å². The van der Waals surface area contributed by atoms with Crippen LogP contribution in [0.5, 0.6) is 5.75 Å². The molecule has 1 atom stereocenters. The largest absolute Gasteiger partial charge is 0.491 e. The molecule has 0 radical (unpaired) electrons. The number of aliphatic hydroxyl groups is 1. The SMILES string of the molecule is Cc1ccc(C)c(OCCn2ccnc2C(O)c2ccccc2)c1. The van der Waals surface area contributed by atoms with E-state index in [0.29, 0.717) is 19.0 Å². The summed E-state index contributed by atoms with van der Waals surface area (Å²) in [6.45, 7) is 5.24. The Morgan fingerprint density at radius 1 is 1.12 bits per heavy atom. The van der Waals surface area contributed by atoms with E-state index in [2.05, 4.69) is 24.0 Å². The van der Waals surface area contributed by atoms with Crippen LogP contribution in [-0.4, -0.2) is 21.3 Å². The second-order valence-electron chi connectivity index (χ2n) is 5.91. The van der Waals surface area contributed by atoms with Crippen LogP contribution in [0.2, 0.25) is 0 Å². The van der Waals surface area contributed by atoms with E-state index >= 15 is 0 Å². The summed E-state index contributed by atoms with van der Waals surface area (Å²) in [7, 11) is 0. The summed E-state index contributed by atoms with van der Waals surface area (Å²) in [4.78, 5) is 4.31. The average Bonchev–Trinajstić information content (AvgIpc) is 3.06. The molecule has 1 N–H and O–H groups in total. The zero-order chi connectivity index (χ0) is 16.9. The number of imidazole rings is 1. The molecule has 0 aliphatic heterocycles. The van der Waals surface area contributed by atoms with Crippen molar-refractivity contribution in [3.05, 3.63) is 83.4 Å². The third-order valence-electron chi connectivity index (χ3n) is 4.04. The molecule has 2 aromatic carbocycles. The van der Waals surface area contributed by atoms with Gasteiger partial charge in [0.25, 0.3) is 0 Å². The van der Waals surface area contributed by atoms with E-state index in [0.717, 1.165) is 16.9 Å². The number of ether oxygens (including phenoxy) is 1. The summed E-state index contributed by atoms with van der Waals surface area (Å²) in [5, 5.41) is 10.5. The highest BCUT2D eigenvalue weighted by Crippen LogP contribution is 2.21. The highest BCUT2D eigenvalue weighted by atomic mass is 16.5. The highest BCUT2D eigenvalue weighted by Gasteiger charge is 2.15. The summed E-state index contributed by atoms with van der Waals surface area (Å²) in [6.07, 6.45) is 2.84. The first-order valence-electron chi connectivity index (χ1n) is 8.09. The van der Waals surface area contributed by atoms with E-state index in [-0.39, 0.29) is 0 Å². The van der Waals surface area contributed by atoms with Gasteiger partial charge in [-0.3, -0.25) is 0 Å². The molecule has 0 saturated carbocycles. The second kappa shape index (κ2) is 7.32. The third-order valence-corrected chi connectivity index (χ3v) is 4.04. The first-order chi connectivity index (χ1) is 11.6. The zero-order valence-electron chi connectivity index (χ0n) is 14.0. The van der Waals surface area contributed by atoms with E-state index in [1.807, 2.05) is 54.1 Å². The molecule has 0 amide bonds. The smallest absolute Gasteiger partial charge is 0.142 e. The van der Waals surface area contributed by atoms with Gasteiger partial charge in [-0.25, -0.2) is 4.98 Å². The van der Waals surface area contributed by atoms with Crippen LogP contribution in [0.1, 0.15) is 28.6 Å². The van der Waals surface area contributed by atoms with Gasteiger partial charge in [0.15, 0.2) is 0 Å². The number of rotatable bonds is 6. The maximum Gasteiger partial charge on any atom is 0.142 e. The van der Waals surface area contributed by atoms with Crippen molar-refractivity contribution in [2.24, 2.45) is 0 Å². The van der Waals surface area contributed by atoms with Gasteiger partial charge in [0, 0.05) is 12.4 Å². The van der Waals surface area contributed by atoms with Gasteiger partial charge in [0.2, 0.25) is 0 Å². The molecule has 1 aromatic heterocycles. The predicted octanol–water partition coefficient (Wildman–Crippen LogP) is 3.66. The first-order valence-corrected chi connectivity index (χ1v) is 8.09. The van der Waals surface area contributed by atoms with Crippen LogP contribution in [0.15, 0.2) is 60.9 Å². The number of hydrogen-bond acceptors (Lipinski definition) is 3. The Morgan fingerprint density at radius 2 is 1.92 bits per heavy atom. The lowest BCUT2D eigenvalue weighted by Gasteiger charge is -2.15. The fourth-order valence-electron chi connectivity index (χ4n) is 2.66. The lowest BCUT2D eigenvalue weighted by atomic mass is 10.1. The van der Waals surface area contributed by atoms with Gasteiger partial charge in [-0.2, -0.15) is 0 Å². The monoisotopic (exact) mass is 322 g/mol. The number of benzene rings is 2. The van der Waals surface area contributed by atoms with Gasteiger partial charge in [-0.1, -0.05) is 42.5 Å². The summed E-state index contributed by atoms with van der Waals surface area (Å²) in [5.41, 5.74) is 3.13. The van der Waals surface area contributed by atoms with Crippen LogP contribution in [0.3, 0.4) is 0 Å². The fraction of sp³-hybridized carbons (Fsp3) is 0.250. The summed E-state index contributed by atoms with van der Waals surface area (Å²) >= 11 is 0. The summed E-state index contributed by atoms with van der Waals surface area (Å²) < 4.78 is 7.83. The zero-order valence-corrected chi connectivity index (χ0v) is 14.0. The minimum Gasteiger partial charge on any atom is -0.491 e. The molecule has 3 aromatic rings. The third kappa shape index (κ3) is 3.66. The van der Waals surface area contributed by atoms with E-state index < -0.39 is 6.10 Å². The second-order valence-corrected chi connectivity index (χ2v) is 5.91. The molecular formula is C20H22N2O2. The Morgan fingerprint density at radius 3 is 2.71 bits per heavy atom. The summed E-state index contributed by atoms with van der Waals surface area (Å²) in [6, 6.07) is 15.7. The molecule has 4 nitrogen and oxygen atoms in total. The van der Waals surface area contributed by atoms with Gasteiger partial charge < -0.3 is 14.4 Å². The van der Waals surface area contributed by atoms with Crippen molar-refractivity contribution in [1.29, 1.82) is 0 Å². The van der Waals surface area contributed by atoms with Gasteiger partial charge in [-0.15, -0.1) is 0 Å². The Hall–Kier alpha value is -2.59. The number of aliphatic hydroxyl groups excluding tert-OH is 1. The predicted molar refractivity (Wildman–Crippen MR) is 94.1 cm³/mol. The Bertz CT molecular complexity index is 796. The van der Waals surface area contributed by atoms with E-state index in [4.69, 9.17) is 4.74 Å². The quantitative estimate of drug-likeness (QED) is 0.753. The van der Waals surface area contributed by atoms with Crippen molar-refractivity contribution < 1.29 is 9.84 Å². The number of aromatic nitrogens is 2. The molecule has 1 unspecified atom stereocenters. The standard InChI is InChI=1S/C20H22N2O2/c1-15-8-9-16(2)18(14-15)24-13-12-22-11-10-21-20(22)19(23)17-6-4-3-5-7-17/h3-11,14,19,23H,12-13H2,1-2H3. The highest BCUT2D eigenvalue weighted by molar-refractivity contribution is 5.35. The molecule has 0 spiro atoms. The van der Waals surface area contributed by atoms with Gasteiger partial charge in [0.05, 0.1) is 6.54 Å². The Labute approximate surface area is 142 Å². The van der Waals surface area contributed by atoms with E-state index in [9.17, 15) is 5.11 Å². The van der Waals surface area contributed by atoms with Crippen LogP contribution in [0, 0.1) is 13.8 Å². The van der Waals surface area contributed by atoms with Crippen LogP contribution >= 0.6 is 0 Å². The van der Waals surface area contributed by atoms with Crippen molar-refractivity contribution in [2.75, 3.05) is 6.61 Å². The molecule has 0 bridgehead atoms. The lowest BCUT2D eigenvalue weighted by molar-refractivity contribution is 0.200. The minimum absolute atomic E-state index is 0.523. The fourth-order valence-corrected chi connectivity index (χ4v) is 2.66. The number of nitrogens with zero attached hydrogens (tertiary/aromatic N) is 2. The maximum atomic E-state index is 10.5. The molecule has 1 heterocycles. The van der Waals surface area contributed by atoms with Crippen molar-refractivity contribution in [2.45, 2.75) is 26.5 Å². The van der Waals surface area contributed by atoms with Crippen LogP contribution in [-0.2, 0) is 6.54 Å². The Kier molecular flexibility index (Phi) is 4.96. The van der Waals surface area contributed by atoms with Crippen molar-refractivity contribution in [1.82, 2.24) is 9.55 Å².